The largest absolute Gasteiger partial charge is 0.480 e. The van der Waals surface area contributed by atoms with Crippen LogP contribution in [0.5, 0.6) is 0 Å². The summed E-state index contributed by atoms with van der Waals surface area (Å²) in [4.78, 5) is 157. The van der Waals surface area contributed by atoms with Crippen LogP contribution in [0.4, 0.5) is 4.79 Å². The molecule has 0 saturated carbocycles. The molecule has 0 aromatic carbocycles. The number of carbonyl (C=O) groups excluding carboxylic acids is 9. The Morgan fingerprint density at radius 3 is 1.12 bits per heavy atom. The minimum Gasteiger partial charge on any atom is -0.480 e. The summed E-state index contributed by atoms with van der Waals surface area (Å²) in [6, 6.07) is -11.0. The van der Waals surface area contributed by atoms with Gasteiger partial charge in [-0.1, -0.05) is 34.1 Å². The van der Waals surface area contributed by atoms with Crippen LogP contribution in [-0.2, 0) is 43.2 Å². The van der Waals surface area contributed by atoms with E-state index in [9.17, 15) is 53.1 Å². The summed E-state index contributed by atoms with van der Waals surface area (Å²) in [6.45, 7) is 7.30. The second kappa shape index (κ2) is 43.4. The topological polar surface area (TPSA) is 633 Å². The maximum Gasteiger partial charge on any atom is 0.326 e. The summed E-state index contributed by atoms with van der Waals surface area (Å²) in [5, 5.41) is 37.2. The highest BCUT2D eigenvalue weighted by molar-refractivity contribution is 8.00. The SMILES string of the molecule is CC(C)C[C@H](NC(=O)[C@H](CCCN=C(N)N)NC(=O)[C@H](CCCN=C(N)N)NC(=O)[C@H](CC(C)C)NC(=O)[C@H](CS)NC(=O)[C@H](CCCN=C(N)N)NC(=O)[C@H](CCCN=C(N)N)NC(=O)[C@H](CCCN=C(N)N)NC(=O)CCCC[C@@H]1SC[C@@H]2NC(=O)N[C@@H]21)C(=O)O. The van der Waals surface area contributed by atoms with Crippen LogP contribution in [0.15, 0.2) is 25.0 Å². The molecule has 2 rings (SSSR count). The third kappa shape index (κ3) is 33.6. The highest BCUT2D eigenvalue weighted by Gasteiger charge is 2.43. The number of guanidine groups is 5. The van der Waals surface area contributed by atoms with Gasteiger partial charge in [0.05, 0.1) is 12.1 Å². The van der Waals surface area contributed by atoms with Crippen molar-refractivity contribution in [2.75, 3.05) is 44.2 Å². The first-order valence-corrected chi connectivity index (χ1v) is 32.8. The molecule has 93 heavy (non-hydrogen) atoms. The number of carboxylic acid groups (broad SMARTS) is 1. The van der Waals surface area contributed by atoms with Crippen molar-refractivity contribution in [1.82, 2.24) is 53.2 Å². The lowest BCUT2D eigenvalue weighted by molar-refractivity contribution is -0.143. The molecule has 36 nitrogen and oxygen atoms in total. The fourth-order valence-electron chi connectivity index (χ4n) is 9.90. The fourth-order valence-corrected chi connectivity index (χ4v) is 11.7. The molecule has 0 spiro atoms. The molecule has 2 aliphatic rings. The lowest BCUT2D eigenvalue weighted by Gasteiger charge is -2.28. The van der Waals surface area contributed by atoms with Crippen LogP contribution in [-0.4, -0.2) is 204 Å². The number of nitrogens with one attached hydrogen (secondary N) is 10. The number of rotatable bonds is 46. The summed E-state index contributed by atoms with van der Waals surface area (Å²) < 4.78 is 0. The number of fused-ring (bicyclic) bond motifs is 1. The Morgan fingerprint density at radius 1 is 0.462 bits per heavy atom. The summed E-state index contributed by atoms with van der Waals surface area (Å²) >= 11 is 6.11. The van der Waals surface area contributed by atoms with Crippen LogP contribution in [0.1, 0.15) is 130 Å². The van der Waals surface area contributed by atoms with Crippen molar-refractivity contribution >= 4 is 113 Å². The number of hydrogen-bond acceptors (Lipinski definition) is 17. The van der Waals surface area contributed by atoms with E-state index in [1.54, 1.807) is 39.5 Å². The Bertz CT molecular complexity index is 2610. The number of aliphatic carboxylic acids is 1. The molecule has 2 fully saturated rings. The zero-order valence-corrected chi connectivity index (χ0v) is 55.4. The monoisotopic (exact) mass is 1350 g/mol. The van der Waals surface area contributed by atoms with Gasteiger partial charge in [-0.3, -0.25) is 63.3 Å². The molecule has 10 amide bonds. The number of thioether (sulfide) groups is 1. The predicted molar refractivity (Wildman–Crippen MR) is 359 cm³/mol. The maximum atomic E-state index is 14.5. The highest BCUT2D eigenvalue weighted by Crippen LogP contribution is 2.33. The molecule has 0 unspecified atom stereocenters. The first-order valence-electron chi connectivity index (χ1n) is 31.1. The van der Waals surface area contributed by atoms with Crippen LogP contribution in [0.25, 0.3) is 0 Å². The fraction of sp³-hybridized carbons (Fsp3) is 0.727. The smallest absolute Gasteiger partial charge is 0.326 e. The van der Waals surface area contributed by atoms with E-state index in [1.807, 2.05) is 0 Å². The van der Waals surface area contributed by atoms with E-state index in [0.717, 1.165) is 12.2 Å². The minimum atomic E-state index is -1.47. The minimum absolute atomic E-state index is 0.00132. The third-order valence-electron chi connectivity index (χ3n) is 14.5. The molecule has 38 heteroatoms. The summed E-state index contributed by atoms with van der Waals surface area (Å²) in [6.07, 6.45) is 2.51. The predicted octanol–water partition coefficient (Wildman–Crippen LogP) is -6.03. The van der Waals surface area contributed by atoms with Gasteiger partial charge in [0.2, 0.25) is 47.3 Å². The quantitative estimate of drug-likeness (QED) is 0.00887. The number of carboxylic acids is 1. The molecule has 526 valence electrons. The molecule has 0 aromatic heterocycles. The number of thiol groups is 1. The zero-order valence-electron chi connectivity index (χ0n) is 53.7. The zero-order chi connectivity index (χ0) is 69.7. The number of hydrogen-bond donors (Lipinski definition) is 22. The third-order valence-corrected chi connectivity index (χ3v) is 16.3. The average molecular weight is 1350 g/mol. The van der Waals surface area contributed by atoms with Crippen LogP contribution < -0.4 is 111 Å². The van der Waals surface area contributed by atoms with Crippen molar-refractivity contribution in [3.8, 4) is 0 Å². The van der Waals surface area contributed by atoms with Gasteiger partial charge in [0.15, 0.2) is 29.8 Å². The van der Waals surface area contributed by atoms with E-state index >= 15 is 0 Å². The Labute approximate surface area is 551 Å². The van der Waals surface area contributed by atoms with Crippen molar-refractivity contribution in [2.24, 2.45) is 94.1 Å². The lowest BCUT2D eigenvalue weighted by atomic mass is 10.0. The Balaban J connectivity index is 2.45. The van der Waals surface area contributed by atoms with Crippen molar-refractivity contribution in [3.05, 3.63) is 0 Å². The van der Waals surface area contributed by atoms with Crippen LogP contribution >= 0.6 is 24.4 Å². The number of nitrogens with zero attached hydrogens (tertiary/aromatic N) is 5. The van der Waals surface area contributed by atoms with Crippen LogP contribution in [0.2, 0.25) is 0 Å². The molecule has 0 radical (unpaired) electrons. The molecule has 2 heterocycles. The summed E-state index contributed by atoms with van der Waals surface area (Å²) in [7, 11) is 0. The molecule has 11 atom stereocenters. The van der Waals surface area contributed by atoms with Gasteiger partial charge in [0.1, 0.15) is 48.3 Å². The van der Waals surface area contributed by atoms with Gasteiger partial charge in [-0.25, -0.2) is 9.59 Å². The van der Waals surface area contributed by atoms with Gasteiger partial charge in [0.25, 0.3) is 0 Å². The first kappa shape index (κ1) is 80.6. The molecule has 0 aromatic rings. The van der Waals surface area contributed by atoms with E-state index in [0.29, 0.717) is 12.8 Å². The van der Waals surface area contributed by atoms with E-state index in [-0.39, 0.29) is 187 Å². The Morgan fingerprint density at radius 2 is 0.774 bits per heavy atom. The molecule has 2 aliphatic heterocycles. The number of unbranched alkanes of at least 4 members (excludes halogenated alkanes) is 1. The van der Waals surface area contributed by atoms with E-state index in [4.69, 9.17) is 57.3 Å². The van der Waals surface area contributed by atoms with Crippen molar-refractivity contribution in [3.63, 3.8) is 0 Å². The summed E-state index contributed by atoms with van der Waals surface area (Å²) in [5.74, 6) is -8.72. The van der Waals surface area contributed by atoms with Gasteiger partial charge in [0, 0.05) is 55.9 Å². The van der Waals surface area contributed by atoms with Gasteiger partial charge >= 0.3 is 12.0 Å². The molecular weight excluding hydrogens is 1250 g/mol. The van der Waals surface area contributed by atoms with Crippen molar-refractivity contribution < 1.29 is 53.1 Å². The second-order valence-corrected chi connectivity index (χ2v) is 25.1. The molecule has 2 saturated heterocycles. The normalized spacial score (nSPS) is 17.2. The average Bonchev–Trinajstić information content (AvgIpc) is 1.71. The molecular formula is C55H103N25O11S2. The number of urea groups is 1. The number of amides is 10. The number of aliphatic imine (C=N–C) groups is 5. The van der Waals surface area contributed by atoms with E-state index in [1.165, 1.54) is 0 Å². The number of nitrogens with two attached hydrogens (primary N) is 10. The van der Waals surface area contributed by atoms with E-state index < -0.39 is 102 Å². The van der Waals surface area contributed by atoms with Crippen LogP contribution in [0, 0.1) is 11.8 Å². The standard InChI is InChI=1S/C55H103N25O11S2/c1-28(2)24-35(47(87)75-32(14-9-21-68-52(60)61)44(84)73-33(15-10-22-69-53(62)63)45(85)77-36(49(89)90)25-29(3)4)76-48(88)37(26-92)78-46(86)34(16-11-23-70-54(64)65)74-43(83)31(13-8-20-67-51(58)59)72-42(82)30(12-7-19-66-50(56)57)71-40(81)18-6-5-17-39-41-38(27-93-39)79-55(91)80-41/h28-39,41,92H,5-27H2,1-4H3,(H,71,81)(H,72,82)(H,73,84)(H,74,83)(H,75,87)(H,76,88)(H,77,85)(H,78,86)(H,89,90)(H4,56,57,66)(H4,58,59,67)(H4,60,61,68)(H4,62,63,69)(H4,64,65,70)(H2,79,80,91)/t30-,31-,32-,33-,34-,35-,36-,37-,38-,39-,41-/m0/s1. The van der Waals surface area contributed by atoms with Crippen molar-refractivity contribution in [2.45, 2.75) is 196 Å². The van der Waals surface area contributed by atoms with Gasteiger partial charge in [-0.15, -0.1) is 0 Å². The van der Waals surface area contributed by atoms with Crippen molar-refractivity contribution in [1.29, 1.82) is 0 Å². The highest BCUT2D eigenvalue weighted by atomic mass is 32.2. The molecule has 0 bridgehead atoms. The Kier molecular flexibility index (Phi) is 37.6. The summed E-state index contributed by atoms with van der Waals surface area (Å²) in [5.41, 5.74) is 55.4. The van der Waals surface area contributed by atoms with Gasteiger partial charge in [-0.2, -0.15) is 24.4 Å². The Hall–Kier alpha value is -8.45. The van der Waals surface area contributed by atoms with Gasteiger partial charge < -0.3 is 116 Å². The maximum absolute atomic E-state index is 14.5. The second-order valence-electron chi connectivity index (χ2n) is 23.4. The number of carbonyl (C=O) groups is 10. The lowest BCUT2D eigenvalue weighted by Crippen LogP contribution is -2.60. The molecule has 31 N–H and O–H groups in total. The van der Waals surface area contributed by atoms with E-state index in [2.05, 4.69) is 90.8 Å². The van der Waals surface area contributed by atoms with Crippen LogP contribution in [0.3, 0.4) is 0 Å². The molecule has 0 aliphatic carbocycles. The first-order chi connectivity index (χ1) is 43.9. The van der Waals surface area contributed by atoms with Gasteiger partial charge in [-0.05, 0) is 102 Å².